The minimum absolute atomic E-state index is 0.153. The first-order valence-corrected chi connectivity index (χ1v) is 5.88. The lowest BCUT2D eigenvalue weighted by Crippen LogP contribution is -2.35. The number of nitrogens with zero attached hydrogens (tertiary/aromatic N) is 1. The quantitative estimate of drug-likeness (QED) is 0.803. The maximum absolute atomic E-state index is 11.8. The Hall–Kier alpha value is -0.980. The second kappa shape index (κ2) is 7.37. The maximum atomic E-state index is 11.8. The highest BCUT2D eigenvalue weighted by Gasteiger charge is 2.13. The van der Waals surface area contributed by atoms with Crippen molar-refractivity contribution < 1.29 is 14.3 Å². The number of pyridine rings is 1. The van der Waals surface area contributed by atoms with E-state index in [1.165, 1.54) is 0 Å². The normalized spacial score (nSPS) is 12.2. The Bertz CT molecular complexity index is 373. The van der Waals surface area contributed by atoms with Crippen LogP contribution < -0.4 is 5.32 Å². The average Bonchev–Trinajstić information content (AvgIpc) is 2.34. The van der Waals surface area contributed by atoms with E-state index in [0.29, 0.717) is 23.3 Å². The lowest BCUT2D eigenvalue weighted by atomic mass is 10.2. The summed E-state index contributed by atoms with van der Waals surface area (Å²) in [5, 5.41) is 2.76. The Morgan fingerprint density at radius 3 is 2.94 bits per heavy atom. The molecule has 5 nitrogen and oxygen atoms in total. The first-order chi connectivity index (χ1) is 8.19. The standard InChI is InChI=1S/C11H15BrN2O3/c1-16-7-8(17-2)6-14-11(15)9-4-3-5-13-10(9)12/h3-5,8H,6-7H2,1-2H3,(H,14,15). The Morgan fingerprint density at radius 1 is 1.59 bits per heavy atom. The summed E-state index contributed by atoms with van der Waals surface area (Å²) < 4.78 is 10.6. The fourth-order valence-corrected chi connectivity index (χ4v) is 1.68. The summed E-state index contributed by atoms with van der Waals surface area (Å²) in [4.78, 5) is 15.8. The van der Waals surface area contributed by atoms with Crippen LogP contribution in [0, 0.1) is 0 Å². The molecular weight excluding hydrogens is 288 g/mol. The number of methoxy groups -OCH3 is 2. The van der Waals surface area contributed by atoms with Gasteiger partial charge in [0, 0.05) is 27.0 Å². The molecule has 0 aliphatic rings. The van der Waals surface area contributed by atoms with Crippen molar-refractivity contribution in [2.45, 2.75) is 6.10 Å². The highest BCUT2D eigenvalue weighted by molar-refractivity contribution is 9.10. The smallest absolute Gasteiger partial charge is 0.254 e. The van der Waals surface area contributed by atoms with Crippen LogP contribution in [-0.2, 0) is 9.47 Å². The number of carbonyl (C=O) groups excluding carboxylic acids is 1. The van der Waals surface area contributed by atoms with Gasteiger partial charge in [0.1, 0.15) is 4.60 Å². The van der Waals surface area contributed by atoms with Crippen molar-refractivity contribution in [1.82, 2.24) is 10.3 Å². The van der Waals surface area contributed by atoms with E-state index in [4.69, 9.17) is 9.47 Å². The molecule has 0 fully saturated rings. The van der Waals surface area contributed by atoms with Gasteiger partial charge in [-0.3, -0.25) is 4.79 Å². The van der Waals surface area contributed by atoms with E-state index in [2.05, 4.69) is 26.2 Å². The van der Waals surface area contributed by atoms with Gasteiger partial charge in [-0.1, -0.05) is 0 Å². The summed E-state index contributed by atoms with van der Waals surface area (Å²) in [5.74, 6) is -0.192. The Balaban J connectivity index is 2.52. The third kappa shape index (κ3) is 4.41. The maximum Gasteiger partial charge on any atom is 0.254 e. The van der Waals surface area contributed by atoms with Crippen LogP contribution in [0.25, 0.3) is 0 Å². The van der Waals surface area contributed by atoms with Gasteiger partial charge < -0.3 is 14.8 Å². The number of hydrogen-bond acceptors (Lipinski definition) is 4. The molecule has 1 rings (SSSR count). The lowest BCUT2D eigenvalue weighted by molar-refractivity contribution is 0.0285. The van der Waals surface area contributed by atoms with Crippen molar-refractivity contribution in [3.8, 4) is 0 Å². The Kier molecular flexibility index (Phi) is 6.10. The number of carbonyl (C=O) groups is 1. The summed E-state index contributed by atoms with van der Waals surface area (Å²) in [6.45, 7) is 0.829. The van der Waals surface area contributed by atoms with Crippen molar-refractivity contribution in [2.24, 2.45) is 0 Å². The minimum atomic E-state index is -0.192. The van der Waals surface area contributed by atoms with Crippen LogP contribution in [0.1, 0.15) is 10.4 Å². The lowest BCUT2D eigenvalue weighted by Gasteiger charge is -2.15. The van der Waals surface area contributed by atoms with Gasteiger partial charge in [0.05, 0.1) is 18.3 Å². The fourth-order valence-electron chi connectivity index (χ4n) is 1.25. The van der Waals surface area contributed by atoms with Gasteiger partial charge in [-0.2, -0.15) is 0 Å². The zero-order valence-electron chi connectivity index (χ0n) is 9.77. The number of rotatable bonds is 6. The van der Waals surface area contributed by atoms with Crippen LogP contribution in [0.3, 0.4) is 0 Å². The van der Waals surface area contributed by atoms with Gasteiger partial charge in [0.25, 0.3) is 5.91 Å². The molecule has 0 aromatic carbocycles. The molecular formula is C11H15BrN2O3. The van der Waals surface area contributed by atoms with E-state index >= 15 is 0 Å². The van der Waals surface area contributed by atoms with Crippen LogP contribution in [0.2, 0.25) is 0 Å². The van der Waals surface area contributed by atoms with Crippen LogP contribution in [-0.4, -0.2) is 44.4 Å². The molecule has 1 amide bonds. The molecule has 1 heterocycles. The second-order valence-electron chi connectivity index (χ2n) is 3.36. The van der Waals surface area contributed by atoms with E-state index in [1.807, 2.05) is 0 Å². The SMILES string of the molecule is COCC(CNC(=O)c1cccnc1Br)OC. The number of amides is 1. The van der Waals surface area contributed by atoms with Crippen molar-refractivity contribution in [2.75, 3.05) is 27.4 Å². The number of hydrogen-bond donors (Lipinski definition) is 1. The summed E-state index contributed by atoms with van der Waals surface area (Å²) in [6.07, 6.45) is 1.46. The molecule has 0 bridgehead atoms. The molecule has 0 aliphatic carbocycles. The molecule has 0 spiro atoms. The monoisotopic (exact) mass is 302 g/mol. The Morgan fingerprint density at radius 2 is 2.35 bits per heavy atom. The number of nitrogens with one attached hydrogen (secondary N) is 1. The zero-order chi connectivity index (χ0) is 12.7. The van der Waals surface area contributed by atoms with Gasteiger partial charge >= 0.3 is 0 Å². The van der Waals surface area contributed by atoms with Crippen LogP contribution >= 0.6 is 15.9 Å². The molecule has 0 saturated carbocycles. The zero-order valence-corrected chi connectivity index (χ0v) is 11.4. The molecule has 0 aliphatic heterocycles. The van der Waals surface area contributed by atoms with E-state index in [1.54, 1.807) is 32.5 Å². The molecule has 1 unspecified atom stereocenters. The molecule has 6 heteroatoms. The molecule has 1 N–H and O–H groups in total. The van der Waals surface area contributed by atoms with Gasteiger partial charge in [-0.25, -0.2) is 4.98 Å². The van der Waals surface area contributed by atoms with Crippen molar-refractivity contribution in [3.05, 3.63) is 28.5 Å². The van der Waals surface area contributed by atoms with Crippen molar-refractivity contribution in [1.29, 1.82) is 0 Å². The van der Waals surface area contributed by atoms with Gasteiger partial charge in [-0.05, 0) is 28.1 Å². The van der Waals surface area contributed by atoms with E-state index in [0.717, 1.165) is 0 Å². The van der Waals surface area contributed by atoms with Crippen LogP contribution in [0.15, 0.2) is 22.9 Å². The summed E-state index contributed by atoms with van der Waals surface area (Å²) in [7, 11) is 3.17. The predicted octanol–water partition coefficient (Wildman–Crippen LogP) is 1.24. The summed E-state index contributed by atoms with van der Waals surface area (Å²) in [5.41, 5.74) is 0.500. The average molecular weight is 303 g/mol. The van der Waals surface area contributed by atoms with Gasteiger partial charge in [0.15, 0.2) is 0 Å². The molecule has 1 aromatic rings. The molecule has 1 atom stereocenters. The van der Waals surface area contributed by atoms with Crippen molar-refractivity contribution in [3.63, 3.8) is 0 Å². The third-order valence-electron chi connectivity index (χ3n) is 2.18. The largest absolute Gasteiger partial charge is 0.382 e. The first-order valence-electron chi connectivity index (χ1n) is 5.09. The fraction of sp³-hybridized carbons (Fsp3) is 0.455. The number of halogens is 1. The number of aromatic nitrogens is 1. The molecule has 94 valence electrons. The minimum Gasteiger partial charge on any atom is -0.382 e. The van der Waals surface area contributed by atoms with Crippen LogP contribution in [0.4, 0.5) is 0 Å². The van der Waals surface area contributed by atoms with E-state index in [9.17, 15) is 4.79 Å². The highest BCUT2D eigenvalue weighted by atomic mass is 79.9. The number of ether oxygens (including phenoxy) is 2. The van der Waals surface area contributed by atoms with Gasteiger partial charge in [-0.15, -0.1) is 0 Å². The summed E-state index contributed by atoms with van der Waals surface area (Å²) in [6, 6.07) is 3.41. The summed E-state index contributed by atoms with van der Waals surface area (Å²) >= 11 is 3.22. The third-order valence-corrected chi connectivity index (χ3v) is 2.81. The van der Waals surface area contributed by atoms with Crippen LogP contribution in [0.5, 0.6) is 0 Å². The Labute approximate surface area is 109 Å². The molecule has 0 radical (unpaired) electrons. The molecule has 17 heavy (non-hydrogen) atoms. The highest BCUT2D eigenvalue weighted by Crippen LogP contribution is 2.11. The van der Waals surface area contributed by atoms with E-state index < -0.39 is 0 Å². The first kappa shape index (κ1) is 14.1. The second-order valence-corrected chi connectivity index (χ2v) is 4.12. The van der Waals surface area contributed by atoms with E-state index in [-0.39, 0.29) is 12.0 Å². The molecule has 1 aromatic heterocycles. The van der Waals surface area contributed by atoms with Gasteiger partial charge in [0.2, 0.25) is 0 Å². The topological polar surface area (TPSA) is 60.5 Å². The molecule has 0 saturated heterocycles. The predicted molar refractivity (Wildman–Crippen MR) is 66.9 cm³/mol. The van der Waals surface area contributed by atoms with Crippen molar-refractivity contribution >= 4 is 21.8 Å².